The predicted molar refractivity (Wildman–Crippen MR) is 90.1 cm³/mol. The third-order valence-electron chi connectivity index (χ3n) is 3.42. The molecule has 1 heterocycles. The summed E-state index contributed by atoms with van der Waals surface area (Å²) < 4.78 is 0. The number of amidine groups is 1. The Hall–Kier alpha value is -2.10. The van der Waals surface area contributed by atoms with Crippen LogP contribution in [-0.4, -0.2) is 23.9 Å². The summed E-state index contributed by atoms with van der Waals surface area (Å²) in [6, 6.07) is 10.3. The van der Waals surface area contributed by atoms with Gasteiger partial charge in [0.05, 0.1) is 11.4 Å². The lowest BCUT2D eigenvalue weighted by molar-refractivity contribution is 0.608. The van der Waals surface area contributed by atoms with Gasteiger partial charge in [0.1, 0.15) is 5.82 Å². The first kappa shape index (κ1) is 15.3. The van der Waals surface area contributed by atoms with Crippen molar-refractivity contribution in [3.05, 3.63) is 35.9 Å². The van der Waals surface area contributed by atoms with Gasteiger partial charge in [-0.25, -0.2) is 4.98 Å². The van der Waals surface area contributed by atoms with E-state index in [9.17, 15) is 0 Å². The van der Waals surface area contributed by atoms with E-state index in [1.54, 1.807) is 0 Å². The molecule has 0 unspecified atom stereocenters. The number of aromatic nitrogens is 1. The number of pyridine rings is 1. The maximum Gasteiger partial charge on any atom is 0.132 e. The van der Waals surface area contributed by atoms with E-state index in [1.165, 1.54) is 0 Å². The second-order valence-corrected chi connectivity index (χ2v) is 5.94. The van der Waals surface area contributed by atoms with Crippen LogP contribution in [0, 0.1) is 18.3 Å². The number of benzene rings is 1. The molecule has 3 N–H and O–H groups in total. The largest absolute Gasteiger partial charge is 0.388 e. The van der Waals surface area contributed by atoms with Gasteiger partial charge in [-0.2, -0.15) is 0 Å². The van der Waals surface area contributed by atoms with E-state index >= 15 is 0 Å². The van der Waals surface area contributed by atoms with E-state index in [4.69, 9.17) is 16.1 Å². The molecule has 0 bridgehead atoms. The molecule has 112 valence electrons. The van der Waals surface area contributed by atoms with Crippen LogP contribution in [0.2, 0.25) is 0 Å². The molecular weight excluding hydrogens is 260 g/mol. The summed E-state index contributed by atoms with van der Waals surface area (Å²) in [6.45, 7) is 8.13. The van der Waals surface area contributed by atoms with Crippen molar-refractivity contribution in [1.82, 2.24) is 4.98 Å². The van der Waals surface area contributed by atoms with Crippen LogP contribution < -0.4 is 10.6 Å². The van der Waals surface area contributed by atoms with Crippen LogP contribution in [0.15, 0.2) is 30.3 Å². The molecule has 0 aliphatic carbocycles. The lowest BCUT2D eigenvalue weighted by atomic mass is 10.1. The van der Waals surface area contributed by atoms with Gasteiger partial charge in [0.25, 0.3) is 0 Å². The number of aryl methyl sites for hydroxylation is 1. The minimum absolute atomic E-state index is 0.224. The first-order valence-electron chi connectivity index (χ1n) is 7.41. The molecule has 0 saturated carbocycles. The number of nitrogens with two attached hydrogens (primary N) is 1. The zero-order valence-electron chi connectivity index (χ0n) is 13.1. The van der Waals surface area contributed by atoms with Gasteiger partial charge >= 0.3 is 0 Å². The van der Waals surface area contributed by atoms with Crippen molar-refractivity contribution in [3.8, 4) is 0 Å². The molecule has 2 rings (SSSR count). The highest BCUT2D eigenvalue weighted by Gasteiger charge is 2.14. The molecule has 1 aromatic carbocycles. The summed E-state index contributed by atoms with van der Waals surface area (Å²) >= 11 is 0. The molecule has 0 amide bonds. The Morgan fingerprint density at radius 2 is 2.05 bits per heavy atom. The van der Waals surface area contributed by atoms with Crippen LogP contribution in [0.25, 0.3) is 10.9 Å². The van der Waals surface area contributed by atoms with Crippen LogP contribution in [-0.2, 0) is 0 Å². The van der Waals surface area contributed by atoms with E-state index in [0.717, 1.165) is 35.4 Å². The van der Waals surface area contributed by atoms with Gasteiger partial charge in [0, 0.05) is 24.9 Å². The Morgan fingerprint density at radius 1 is 1.33 bits per heavy atom. The SMILES string of the molecule is Cc1cc2ccccc2nc1N(CCC(=N)N)CC(C)C. The fourth-order valence-electron chi connectivity index (χ4n) is 2.51. The second-order valence-electron chi connectivity index (χ2n) is 5.94. The van der Waals surface area contributed by atoms with Gasteiger partial charge in [-0.05, 0) is 30.5 Å². The van der Waals surface area contributed by atoms with Crippen LogP contribution in [0.3, 0.4) is 0 Å². The molecule has 2 aromatic rings. The third kappa shape index (κ3) is 3.94. The highest BCUT2D eigenvalue weighted by atomic mass is 15.2. The number of hydrogen-bond donors (Lipinski definition) is 2. The zero-order chi connectivity index (χ0) is 15.4. The van der Waals surface area contributed by atoms with Crippen molar-refractivity contribution in [1.29, 1.82) is 5.41 Å². The van der Waals surface area contributed by atoms with Crippen LogP contribution >= 0.6 is 0 Å². The van der Waals surface area contributed by atoms with Gasteiger partial charge in [0.2, 0.25) is 0 Å². The van der Waals surface area contributed by atoms with E-state index in [0.29, 0.717) is 12.3 Å². The quantitative estimate of drug-likeness (QED) is 0.631. The lowest BCUT2D eigenvalue weighted by Gasteiger charge is -2.27. The molecule has 0 aliphatic heterocycles. The molecular formula is C17H24N4. The molecule has 0 atom stereocenters. The van der Waals surface area contributed by atoms with E-state index < -0.39 is 0 Å². The molecule has 21 heavy (non-hydrogen) atoms. The average Bonchev–Trinajstić information content (AvgIpc) is 2.42. The maximum absolute atomic E-state index is 7.45. The number of fused-ring (bicyclic) bond motifs is 1. The smallest absolute Gasteiger partial charge is 0.132 e. The summed E-state index contributed by atoms with van der Waals surface area (Å²) in [4.78, 5) is 7.06. The first-order chi connectivity index (χ1) is 9.97. The Bertz CT molecular complexity index is 634. The van der Waals surface area contributed by atoms with Crippen molar-refractivity contribution < 1.29 is 0 Å². The molecule has 4 heteroatoms. The molecule has 0 aliphatic rings. The molecule has 0 spiro atoms. The zero-order valence-corrected chi connectivity index (χ0v) is 13.1. The Morgan fingerprint density at radius 3 is 2.71 bits per heavy atom. The Balaban J connectivity index is 2.37. The van der Waals surface area contributed by atoms with Crippen LogP contribution in [0.5, 0.6) is 0 Å². The fraction of sp³-hybridized carbons (Fsp3) is 0.412. The standard InChI is InChI=1S/C17H24N4/c1-12(2)11-21(9-8-16(18)19)17-13(3)10-14-6-4-5-7-15(14)20-17/h4-7,10,12H,8-9,11H2,1-3H3,(H3,18,19). The van der Waals surface area contributed by atoms with E-state index in [2.05, 4.69) is 37.8 Å². The average molecular weight is 284 g/mol. The van der Waals surface area contributed by atoms with Gasteiger partial charge < -0.3 is 10.6 Å². The number of nitrogens with one attached hydrogen (secondary N) is 1. The summed E-state index contributed by atoms with van der Waals surface area (Å²) in [7, 11) is 0. The van der Waals surface area contributed by atoms with Gasteiger partial charge in [-0.1, -0.05) is 32.0 Å². The van der Waals surface area contributed by atoms with Crippen molar-refractivity contribution >= 4 is 22.6 Å². The minimum atomic E-state index is 0.224. The number of nitrogens with zero attached hydrogens (tertiary/aromatic N) is 2. The summed E-state index contributed by atoms with van der Waals surface area (Å²) in [6.07, 6.45) is 0.570. The third-order valence-corrected chi connectivity index (χ3v) is 3.42. The molecule has 4 nitrogen and oxygen atoms in total. The van der Waals surface area contributed by atoms with E-state index in [-0.39, 0.29) is 5.84 Å². The first-order valence-corrected chi connectivity index (χ1v) is 7.41. The van der Waals surface area contributed by atoms with Crippen LogP contribution in [0.1, 0.15) is 25.8 Å². The topological polar surface area (TPSA) is 66.0 Å². The molecule has 1 aromatic heterocycles. The van der Waals surface area contributed by atoms with Crippen molar-refractivity contribution in [3.63, 3.8) is 0 Å². The van der Waals surface area contributed by atoms with Crippen LogP contribution in [0.4, 0.5) is 5.82 Å². The monoisotopic (exact) mass is 284 g/mol. The summed E-state index contributed by atoms with van der Waals surface area (Å²) in [5.74, 6) is 1.76. The number of rotatable bonds is 6. The van der Waals surface area contributed by atoms with Crippen molar-refractivity contribution in [2.45, 2.75) is 27.2 Å². The second kappa shape index (κ2) is 6.57. The predicted octanol–water partition coefficient (Wildman–Crippen LogP) is 3.33. The maximum atomic E-state index is 7.45. The van der Waals surface area contributed by atoms with Gasteiger partial charge in [0.15, 0.2) is 0 Å². The number of anilines is 1. The summed E-state index contributed by atoms with van der Waals surface area (Å²) in [5.41, 5.74) is 7.69. The molecule has 0 fully saturated rings. The highest BCUT2D eigenvalue weighted by Crippen LogP contribution is 2.23. The summed E-state index contributed by atoms with van der Waals surface area (Å²) in [5, 5.41) is 8.61. The fourth-order valence-corrected chi connectivity index (χ4v) is 2.51. The van der Waals surface area contributed by atoms with Gasteiger partial charge in [-0.3, -0.25) is 5.41 Å². The van der Waals surface area contributed by atoms with Crippen molar-refractivity contribution in [2.75, 3.05) is 18.0 Å². The normalized spacial score (nSPS) is 11.0. The Labute approximate surface area is 126 Å². The number of para-hydroxylation sites is 1. The Kier molecular flexibility index (Phi) is 4.78. The highest BCUT2D eigenvalue weighted by molar-refractivity contribution is 5.82. The van der Waals surface area contributed by atoms with E-state index in [1.807, 2.05) is 18.2 Å². The number of hydrogen-bond acceptors (Lipinski definition) is 3. The minimum Gasteiger partial charge on any atom is -0.388 e. The lowest BCUT2D eigenvalue weighted by Crippen LogP contribution is -2.32. The van der Waals surface area contributed by atoms with Gasteiger partial charge in [-0.15, -0.1) is 0 Å². The molecule has 0 radical (unpaired) electrons. The van der Waals surface area contributed by atoms with Crippen molar-refractivity contribution in [2.24, 2.45) is 11.7 Å². The molecule has 0 saturated heterocycles.